The number of hydrogen-bond donors (Lipinski definition) is 10. The summed E-state index contributed by atoms with van der Waals surface area (Å²) in [7, 11) is 1.48. The van der Waals surface area contributed by atoms with E-state index in [-0.39, 0.29) is 120 Å². The average molecular weight is 1340 g/mol. The highest BCUT2D eigenvalue weighted by Gasteiger charge is 2.37. The number of pyridine rings is 1. The Kier molecular flexibility index (Phi) is 24.5. The van der Waals surface area contributed by atoms with Crippen molar-refractivity contribution >= 4 is 116 Å². The van der Waals surface area contributed by atoms with E-state index in [0.717, 1.165) is 33.6 Å². The molecule has 4 heterocycles. The van der Waals surface area contributed by atoms with Gasteiger partial charge in [0.25, 0.3) is 23.6 Å². The minimum absolute atomic E-state index is 0.00529. The number of likely N-dealkylation sites (N-methyl/N-ethyl adjacent to an activating group) is 1. The molecule has 3 atom stereocenters. The van der Waals surface area contributed by atoms with Crippen LogP contribution < -0.4 is 53.0 Å². The number of carbonyl (C=O) groups excluding carboxylic acids is 11. The molecule has 2 aliphatic rings. The highest BCUT2D eigenvalue weighted by Crippen LogP contribution is 2.47. The van der Waals surface area contributed by atoms with Gasteiger partial charge in [-0.15, -0.1) is 11.6 Å². The van der Waals surface area contributed by atoms with Crippen LogP contribution in [0.2, 0.25) is 0 Å². The van der Waals surface area contributed by atoms with Crippen LogP contribution in [-0.2, 0) is 40.0 Å². The van der Waals surface area contributed by atoms with Crippen molar-refractivity contribution in [1.82, 2.24) is 45.9 Å². The fraction of sp³-hybridized carbons (Fsp3) is 0.354. The van der Waals surface area contributed by atoms with Crippen molar-refractivity contribution in [3.05, 3.63) is 131 Å². The predicted octanol–water partition coefficient (Wildman–Crippen LogP) is 5.66. The Balaban J connectivity index is 0.875. The zero-order valence-electron chi connectivity index (χ0n) is 53.1. The third kappa shape index (κ3) is 18.9. The van der Waals surface area contributed by atoms with E-state index in [0.29, 0.717) is 44.6 Å². The Morgan fingerprint density at radius 1 is 0.792 bits per heavy atom. The summed E-state index contributed by atoms with van der Waals surface area (Å²) >= 11 is 6.65. The molecule has 0 unspecified atom stereocenters. The quantitative estimate of drug-likeness (QED) is 0.0148. The maximum atomic E-state index is 14.6. The number of urea groups is 2. The number of alkyl halides is 1. The van der Waals surface area contributed by atoms with Gasteiger partial charge in [0, 0.05) is 98.4 Å². The normalized spacial score (nSPS) is 13.8. The van der Waals surface area contributed by atoms with Crippen LogP contribution in [0.5, 0.6) is 11.5 Å². The molecule has 4 aromatic carbocycles. The van der Waals surface area contributed by atoms with E-state index in [4.69, 9.17) is 42.0 Å². The summed E-state index contributed by atoms with van der Waals surface area (Å²) in [5.41, 5.74) is 14.7. The first-order valence-corrected chi connectivity index (χ1v) is 31.2. The lowest BCUT2D eigenvalue weighted by atomic mass is 9.92. The summed E-state index contributed by atoms with van der Waals surface area (Å²) in [5, 5.41) is 27.2. The lowest BCUT2D eigenvalue weighted by molar-refractivity contribution is -0.137. The van der Waals surface area contributed by atoms with Gasteiger partial charge in [-0.2, -0.15) is 0 Å². The molecule has 0 radical (unpaired) electrons. The molecule has 2 aromatic heterocycles. The SMILES string of the molecule is Cc1cccc2c(OC(=O)N(CCCNC(N)=O)CCN(C)C(=O)OCc3ccc(NC(=O)[C@H](CCCNC(N)=O)NC(=O)[C@@H](NC(=O)OCCOCCN4C(=O)C=CC4=O)C(C)C)cc3)cc3c(c12)[C@H](CCl)CN3C(=O)c1cc2cc(NC(=O)c3ccc(O)cc3)cnc2[nH]1. The molecule has 0 spiro atoms. The Labute approximate surface area is 555 Å². The number of amides is 13. The van der Waals surface area contributed by atoms with E-state index < -0.39 is 83.8 Å². The number of nitrogens with zero attached hydrogens (tertiary/aromatic N) is 5. The number of phenolic OH excluding ortho intramolecular Hbond substituents is 1. The van der Waals surface area contributed by atoms with Crippen LogP contribution in [0.1, 0.15) is 76.6 Å². The van der Waals surface area contributed by atoms with Crippen molar-refractivity contribution in [1.29, 1.82) is 0 Å². The molecule has 508 valence electrons. The molecule has 8 rings (SSSR count). The van der Waals surface area contributed by atoms with Gasteiger partial charge in [-0.3, -0.25) is 33.7 Å². The molecule has 13 amide bonds. The highest BCUT2D eigenvalue weighted by atomic mass is 35.5. The largest absolute Gasteiger partial charge is 0.508 e. The number of ether oxygens (including phenoxy) is 4. The van der Waals surface area contributed by atoms with Crippen molar-refractivity contribution in [2.45, 2.75) is 64.6 Å². The van der Waals surface area contributed by atoms with Crippen molar-refractivity contribution in [3.63, 3.8) is 0 Å². The van der Waals surface area contributed by atoms with Crippen LogP contribution in [0, 0.1) is 12.8 Å². The van der Waals surface area contributed by atoms with E-state index in [1.54, 1.807) is 67.3 Å². The van der Waals surface area contributed by atoms with Gasteiger partial charge in [-0.25, -0.2) is 29.0 Å². The van der Waals surface area contributed by atoms with Gasteiger partial charge in [-0.05, 0) is 103 Å². The molecule has 31 heteroatoms. The predicted molar refractivity (Wildman–Crippen MR) is 352 cm³/mol. The number of nitrogens with two attached hydrogens (primary N) is 2. The summed E-state index contributed by atoms with van der Waals surface area (Å²) in [6.07, 6.45) is 1.75. The van der Waals surface area contributed by atoms with Gasteiger partial charge >= 0.3 is 30.3 Å². The number of benzene rings is 4. The van der Waals surface area contributed by atoms with E-state index in [1.807, 2.05) is 19.1 Å². The lowest BCUT2D eigenvalue weighted by Crippen LogP contribution is -2.54. The first kappa shape index (κ1) is 70.9. The topological polar surface area (TPSA) is 411 Å². The van der Waals surface area contributed by atoms with Crippen molar-refractivity contribution in [3.8, 4) is 11.5 Å². The number of fused-ring (bicyclic) bond motifs is 4. The monoisotopic (exact) mass is 1340 g/mol. The second-order valence-corrected chi connectivity index (χ2v) is 23.2. The van der Waals surface area contributed by atoms with Gasteiger partial charge in [0.1, 0.15) is 48.1 Å². The molecule has 96 heavy (non-hydrogen) atoms. The molecule has 0 aliphatic carbocycles. The molecule has 30 nitrogen and oxygen atoms in total. The number of aromatic amines is 1. The molecule has 6 aromatic rings. The third-order valence-electron chi connectivity index (χ3n) is 15.6. The van der Waals surface area contributed by atoms with Crippen molar-refractivity contribution < 1.29 is 76.8 Å². The number of aryl methyl sites for hydroxylation is 1. The number of phenols is 1. The molecular formula is C65H75ClN14O16. The first-order chi connectivity index (χ1) is 46.0. The second-order valence-electron chi connectivity index (χ2n) is 22.8. The lowest BCUT2D eigenvalue weighted by Gasteiger charge is -2.26. The van der Waals surface area contributed by atoms with Crippen molar-refractivity contribution in [2.75, 3.05) is 94.1 Å². The van der Waals surface area contributed by atoms with Crippen LogP contribution in [-0.4, -0.2) is 186 Å². The van der Waals surface area contributed by atoms with Crippen molar-refractivity contribution in [2.24, 2.45) is 17.4 Å². The van der Waals surface area contributed by atoms with E-state index >= 15 is 0 Å². The van der Waals surface area contributed by atoms with Crippen LogP contribution in [0.25, 0.3) is 21.8 Å². The molecule has 0 saturated carbocycles. The van der Waals surface area contributed by atoms with Crippen LogP contribution in [0.15, 0.2) is 103 Å². The standard InChI is InChI=1S/C65H75ClN14O16/c1-37(2)55(76-63(90)94-29-28-93-27-26-79-51(82)19-20-52(79)83)59(86)75-47(10-6-21-69-61(67)88)58(85)72-43-15-11-39(12-16-43)36-95-64(91)77(4)24-25-78(23-7-22-70-62(68)89)65(92)96-50-32-49-54(53-38(3)8-5-9-46(50)53)42(33-66)35-80(49)60(87)48-31-41-30-44(34-71-56(41)74-48)73-57(84)40-13-17-45(81)18-14-40/h5,8-9,11-20,30-32,34,37,42,47,55,81H,6-7,10,21-29,33,35-36H2,1-4H3,(H,71,74)(H,72,85)(H,73,84)(H,75,86)(H,76,90)(H3,67,69,88)(H3,68,70,89)/t42-,47+,55+/m1/s1. The zero-order valence-corrected chi connectivity index (χ0v) is 53.8. The number of halogens is 1. The molecule has 0 fully saturated rings. The summed E-state index contributed by atoms with van der Waals surface area (Å²) < 4.78 is 22.4. The molecule has 0 saturated heterocycles. The van der Waals surface area contributed by atoms with Crippen LogP contribution in [0.3, 0.4) is 0 Å². The molecular weight excluding hydrogens is 1270 g/mol. The number of hydrogen-bond acceptors (Lipinski definition) is 17. The highest BCUT2D eigenvalue weighted by molar-refractivity contribution is 6.20. The number of anilines is 3. The van der Waals surface area contributed by atoms with Gasteiger partial charge in [0.2, 0.25) is 11.8 Å². The number of alkyl carbamates (subject to hydrolysis) is 1. The van der Waals surface area contributed by atoms with Gasteiger partial charge in [0.15, 0.2) is 0 Å². The summed E-state index contributed by atoms with van der Waals surface area (Å²) in [6.45, 7) is 5.09. The Hall–Kier alpha value is -11.0. The first-order valence-electron chi connectivity index (χ1n) is 30.7. The number of aromatic nitrogens is 2. The smallest absolute Gasteiger partial charge is 0.415 e. The Morgan fingerprint density at radius 2 is 1.50 bits per heavy atom. The van der Waals surface area contributed by atoms with E-state index in [9.17, 15) is 57.8 Å². The van der Waals surface area contributed by atoms with E-state index in [2.05, 4.69) is 41.9 Å². The maximum Gasteiger partial charge on any atom is 0.415 e. The number of carbonyl (C=O) groups is 11. The number of aromatic hydroxyl groups is 1. The van der Waals surface area contributed by atoms with Gasteiger partial charge in [0.05, 0.1) is 37.3 Å². The van der Waals surface area contributed by atoms with Gasteiger partial charge in [-0.1, -0.05) is 44.2 Å². The van der Waals surface area contributed by atoms with Crippen LogP contribution in [0.4, 0.5) is 41.0 Å². The second kappa shape index (κ2) is 33.2. The third-order valence-corrected chi connectivity index (χ3v) is 16.0. The number of nitrogens with one attached hydrogen (secondary N) is 7. The fourth-order valence-corrected chi connectivity index (χ4v) is 10.8. The number of H-pyrrole nitrogens is 1. The number of rotatable bonds is 30. The number of imide groups is 1. The zero-order chi connectivity index (χ0) is 69.2. The Morgan fingerprint density at radius 3 is 2.19 bits per heavy atom. The molecule has 2 aliphatic heterocycles. The maximum absolute atomic E-state index is 14.6. The minimum Gasteiger partial charge on any atom is -0.508 e. The number of primary amides is 2. The summed E-state index contributed by atoms with van der Waals surface area (Å²) in [5.74, 6) is -3.61. The van der Waals surface area contributed by atoms with Gasteiger partial charge < -0.3 is 87.1 Å². The Bertz CT molecular complexity index is 3900. The molecule has 12 N–H and O–H groups in total. The summed E-state index contributed by atoms with van der Waals surface area (Å²) in [4.78, 5) is 155. The minimum atomic E-state index is -1.17. The van der Waals surface area contributed by atoms with Crippen LogP contribution >= 0.6 is 11.6 Å². The summed E-state index contributed by atoms with van der Waals surface area (Å²) in [6, 6.07) is 18.6. The average Bonchev–Trinajstić information content (AvgIpc) is 1.54. The fourth-order valence-electron chi connectivity index (χ4n) is 10.6. The molecule has 0 bridgehead atoms. The van der Waals surface area contributed by atoms with E-state index in [1.165, 1.54) is 47.3 Å².